The van der Waals surface area contributed by atoms with Gasteiger partial charge in [0.1, 0.15) is 0 Å². The van der Waals surface area contributed by atoms with Gasteiger partial charge in [-0.25, -0.2) is 0 Å². The normalized spacial score (nSPS) is 19.1. The van der Waals surface area contributed by atoms with Crippen LogP contribution in [0.25, 0.3) is 0 Å². The van der Waals surface area contributed by atoms with E-state index in [1.807, 2.05) is 7.05 Å². The van der Waals surface area contributed by atoms with Gasteiger partial charge in [0.15, 0.2) is 5.96 Å². The quantitative estimate of drug-likeness (QED) is 0.421. The molecule has 0 aromatic heterocycles. The number of likely N-dealkylation sites (N-methyl/N-ethyl adjacent to an activating group) is 1. The lowest BCUT2D eigenvalue weighted by molar-refractivity contribution is 0.247. The maximum absolute atomic E-state index is 4.28. The summed E-state index contributed by atoms with van der Waals surface area (Å²) >= 11 is 0. The molecular formula is C14H31IN4. The Bertz CT molecular complexity index is 277. The predicted molar refractivity (Wildman–Crippen MR) is 94.5 cm³/mol. The van der Waals surface area contributed by atoms with Crippen molar-refractivity contribution in [3.05, 3.63) is 0 Å². The van der Waals surface area contributed by atoms with Crippen molar-refractivity contribution in [2.24, 2.45) is 10.9 Å². The number of nitrogens with zero attached hydrogens (tertiary/aromatic N) is 2. The largest absolute Gasteiger partial charge is 0.355 e. The van der Waals surface area contributed by atoms with E-state index >= 15 is 0 Å². The summed E-state index contributed by atoms with van der Waals surface area (Å²) in [6.45, 7) is 9.84. The minimum Gasteiger partial charge on any atom is -0.355 e. The summed E-state index contributed by atoms with van der Waals surface area (Å²) in [6.07, 6.45) is 2.72. The van der Waals surface area contributed by atoms with Crippen molar-refractivity contribution in [1.82, 2.24) is 15.5 Å². The van der Waals surface area contributed by atoms with Crippen molar-refractivity contribution >= 4 is 29.9 Å². The number of rotatable bonds is 6. The topological polar surface area (TPSA) is 39.7 Å². The average Bonchev–Trinajstić information content (AvgIpc) is 3.16. The van der Waals surface area contributed by atoms with Gasteiger partial charge in [-0.3, -0.25) is 9.89 Å². The third-order valence-electron chi connectivity index (χ3n) is 3.97. The monoisotopic (exact) mass is 382 g/mol. The van der Waals surface area contributed by atoms with E-state index in [4.69, 9.17) is 0 Å². The van der Waals surface area contributed by atoms with Crippen LogP contribution in [-0.4, -0.2) is 49.6 Å². The van der Waals surface area contributed by atoms with E-state index in [2.05, 4.69) is 55.3 Å². The van der Waals surface area contributed by atoms with Crippen LogP contribution in [0.1, 0.15) is 40.5 Å². The molecular weight excluding hydrogens is 351 g/mol. The van der Waals surface area contributed by atoms with Gasteiger partial charge in [0.2, 0.25) is 0 Å². The van der Waals surface area contributed by atoms with Gasteiger partial charge in [-0.05, 0) is 39.7 Å². The maximum atomic E-state index is 4.28. The van der Waals surface area contributed by atoms with Crippen LogP contribution in [0.3, 0.4) is 0 Å². The fourth-order valence-corrected chi connectivity index (χ4v) is 1.81. The Balaban J connectivity index is 0.00000324. The molecule has 0 aromatic rings. The van der Waals surface area contributed by atoms with E-state index in [-0.39, 0.29) is 24.0 Å². The van der Waals surface area contributed by atoms with Gasteiger partial charge in [-0.15, -0.1) is 24.0 Å². The molecule has 0 heterocycles. The number of nitrogens with one attached hydrogen (secondary N) is 2. The predicted octanol–water partition coefficient (Wildman–Crippen LogP) is 2.30. The summed E-state index contributed by atoms with van der Waals surface area (Å²) in [7, 11) is 4.05. The van der Waals surface area contributed by atoms with Gasteiger partial charge >= 0.3 is 0 Å². The molecule has 2 unspecified atom stereocenters. The Kier molecular flexibility index (Phi) is 8.98. The Morgan fingerprint density at radius 1 is 1.26 bits per heavy atom. The van der Waals surface area contributed by atoms with Crippen LogP contribution in [0.2, 0.25) is 0 Å². The van der Waals surface area contributed by atoms with Crippen LogP contribution in [0.5, 0.6) is 0 Å². The molecule has 1 aliphatic rings. The van der Waals surface area contributed by atoms with Crippen LogP contribution in [0, 0.1) is 5.92 Å². The first-order valence-corrected chi connectivity index (χ1v) is 7.14. The first kappa shape index (κ1) is 19.0. The number of halogens is 1. The fraction of sp³-hybridized carbons (Fsp3) is 0.929. The second-order valence-electron chi connectivity index (χ2n) is 5.88. The number of aliphatic imine (C=N–C) groups is 1. The molecule has 0 radical (unpaired) electrons. The number of hydrogen-bond donors (Lipinski definition) is 2. The van der Waals surface area contributed by atoms with E-state index in [9.17, 15) is 0 Å². The zero-order valence-electron chi connectivity index (χ0n) is 13.2. The molecule has 114 valence electrons. The lowest BCUT2D eigenvalue weighted by atomic mass is 10.1. The maximum Gasteiger partial charge on any atom is 0.191 e. The highest BCUT2D eigenvalue weighted by Gasteiger charge is 2.29. The third-order valence-corrected chi connectivity index (χ3v) is 3.97. The zero-order chi connectivity index (χ0) is 13.7. The first-order chi connectivity index (χ1) is 8.45. The molecule has 0 aliphatic heterocycles. The summed E-state index contributed by atoms with van der Waals surface area (Å²) in [4.78, 5) is 6.74. The van der Waals surface area contributed by atoms with Crippen molar-refractivity contribution in [3.63, 3.8) is 0 Å². The average molecular weight is 382 g/mol. The summed E-state index contributed by atoms with van der Waals surface area (Å²) < 4.78 is 0. The molecule has 4 nitrogen and oxygen atoms in total. The molecule has 19 heavy (non-hydrogen) atoms. The molecule has 1 aliphatic carbocycles. The van der Waals surface area contributed by atoms with E-state index in [0.717, 1.165) is 18.5 Å². The Morgan fingerprint density at radius 2 is 1.84 bits per heavy atom. The highest BCUT2D eigenvalue weighted by molar-refractivity contribution is 14.0. The summed E-state index contributed by atoms with van der Waals surface area (Å²) in [5.74, 6) is 1.52. The van der Waals surface area contributed by atoms with E-state index < -0.39 is 0 Å². The molecule has 0 aromatic carbocycles. The van der Waals surface area contributed by atoms with Gasteiger partial charge in [-0.2, -0.15) is 0 Å². The van der Waals surface area contributed by atoms with Crippen LogP contribution in [-0.2, 0) is 0 Å². The smallest absolute Gasteiger partial charge is 0.191 e. The van der Waals surface area contributed by atoms with Gasteiger partial charge in [0.25, 0.3) is 0 Å². The third kappa shape index (κ3) is 6.79. The van der Waals surface area contributed by atoms with Crippen LogP contribution in [0.4, 0.5) is 0 Å². The second-order valence-corrected chi connectivity index (χ2v) is 5.88. The molecule has 0 bridgehead atoms. The van der Waals surface area contributed by atoms with Gasteiger partial charge in [0.05, 0.1) is 0 Å². The van der Waals surface area contributed by atoms with Crippen molar-refractivity contribution < 1.29 is 0 Å². The van der Waals surface area contributed by atoms with Crippen molar-refractivity contribution in [2.45, 2.75) is 58.7 Å². The molecule has 2 atom stereocenters. The fourth-order valence-electron chi connectivity index (χ4n) is 1.81. The van der Waals surface area contributed by atoms with Gasteiger partial charge in [-0.1, -0.05) is 13.8 Å². The molecule has 5 heteroatoms. The van der Waals surface area contributed by atoms with Crippen LogP contribution in [0.15, 0.2) is 4.99 Å². The van der Waals surface area contributed by atoms with Crippen LogP contribution >= 0.6 is 24.0 Å². The minimum absolute atomic E-state index is 0. The first-order valence-electron chi connectivity index (χ1n) is 7.14. The van der Waals surface area contributed by atoms with E-state index in [1.54, 1.807) is 0 Å². The summed E-state index contributed by atoms with van der Waals surface area (Å²) in [5.41, 5.74) is 0. The number of guanidine groups is 1. The lowest BCUT2D eigenvalue weighted by Crippen LogP contribution is -2.48. The molecule has 1 rings (SSSR count). The zero-order valence-corrected chi connectivity index (χ0v) is 15.6. The SMILES string of the molecule is CN=C(NCC(C)N(C)C1CC1)NC(C)C(C)C.I. The van der Waals surface area contributed by atoms with Gasteiger partial charge < -0.3 is 10.6 Å². The molecule has 0 amide bonds. The summed E-state index contributed by atoms with van der Waals surface area (Å²) in [6, 6.07) is 1.80. The molecule has 0 saturated heterocycles. The molecule has 2 N–H and O–H groups in total. The standard InChI is InChI=1S/C14H30N4.HI/c1-10(2)12(4)17-14(15-5)16-9-11(3)18(6)13-7-8-13;/h10-13H,7-9H2,1-6H3,(H2,15,16,17);1H. The van der Waals surface area contributed by atoms with Crippen molar-refractivity contribution in [1.29, 1.82) is 0 Å². The summed E-state index contributed by atoms with van der Waals surface area (Å²) in [5, 5.41) is 6.84. The number of hydrogen-bond acceptors (Lipinski definition) is 2. The molecule has 1 saturated carbocycles. The Labute approximate surface area is 135 Å². The van der Waals surface area contributed by atoms with Gasteiger partial charge in [0, 0.05) is 31.7 Å². The Morgan fingerprint density at radius 3 is 2.26 bits per heavy atom. The molecule has 0 spiro atoms. The van der Waals surface area contributed by atoms with Crippen LogP contribution < -0.4 is 10.6 Å². The van der Waals surface area contributed by atoms with Crippen molar-refractivity contribution in [3.8, 4) is 0 Å². The van der Waals surface area contributed by atoms with Crippen molar-refractivity contribution in [2.75, 3.05) is 20.6 Å². The highest BCUT2D eigenvalue weighted by Crippen LogP contribution is 2.26. The highest BCUT2D eigenvalue weighted by atomic mass is 127. The second kappa shape index (κ2) is 9.00. The minimum atomic E-state index is 0. The molecule has 1 fully saturated rings. The lowest BCUT2D eigenvalue weighted by Gasteiger charge is -2.26. The van der Waals surface area contributed by atoms with E-state index in [0.29, 0.717) is 18.0 Å². The Hall–Kier alpha value is -0.0400. The van der Waals surface area contributed by atoms with E-state index in [1.165, 1.54) is 12.8 Å².